The highest BCUT2D eigenvalue weighted by atomic mass is 16.5. The Labute approximate surface area is 244 Å². The second-order valence-corrected chi connectivity index (χ2v) is 9.12. The summed E-state index contributed by atoms with van der Waals surface area (Å²) in [6, 6.07) is 16.8. The number of esters is 2. The quantitative estimate of drug-likeness (QED) is 0.340. The van der Waals surface area contributed by atoms with Gasteiger partial charge in [-0.05, 0) is 74.9 Å². The molecule has 5 nitrogen and oxygen atoms in total. The molecule has 40 heavy (non-hydrogen) atoms. The Morgan fingerprint density at radius 3 is 1.82 bits per heavy atom. The fourth-order valence-corrected chi connectivity index (χ4v) is 2.99. The second kappa shape index (κ2) is 27.1. The maximum atomic E-state index is 10.7. The Hall–Kier alpha value is -3.47. The summed E-state index contributed by atoms with van der Waals surface area (Å²) in [5.41, 5.74) is 3.95. The maximum absolute atomic E-state index is 10.7. The van der Waals surface area contributed by atoms with E-state index in [1.54, 1.807) is 0 Å². The predicted octanol–water partition coefficient (Wildman–Crippen LogP) is 7.16. The van der Waals surface area contributed by atoms with Crippen LogP contribution >= 0.6 is 0 Å². The largest absolute Gasteiger partial charge is 0.469 e. The van der Waals surface area contributed by atoms with E-state index in [9.17, 15) is 14.4 Å². The first-order valence-corrected chi connectivity index (χ1v) is 14.0. The topological polar surface area (TPSA) is 69.7 Å². The van der Waals surface area contributed by atoms with Gasteiger partial charge in [-0.25, -0.2) is 0 Å². The molecule has 0 amide bonds. The van der Waals surface area contributed by atoms with Crippen LogP contribution in [0.1, 0.15) is 86.3 Å². The molecule has 0 heterocycles. The number of carbonyl (C=O) groups excluding carboxylic acids is 3. The number of hydrogen-bond acceptors (Lipinski definition) is 5. The summed E-state index contributed by atoms with van der Waals surface area (Å²) in [5.74, 6) is -0.150. The third-order valence-electron chi connectivity index (χ3n) is 4.99. The van der Waals surface area contributed by atoms with E-state index in [1.807, 2.05) is 46.8 Å². The van der Waals surface area contributed by atoms with Crippen molar-refractivity contribution in [1.29, 1.82) is 0 Å². The molecule has 0 aromatic heterocycles. The minimum atomic E-state index is -0.287. The van der Waals surface area contributed by atoms with Gasteiger partial charge in [-0.2, -0.15) is 0 Å². The van der Waals surface area contributed by atoms with Crippen LogP contribution in [-0.2, 0) is 30.3 Å². The highest BCUT2D eigenvalue weighted by molar-refractivity contribution is 5.72. The van der Waals surface area contributed by atoms with E-state index in [4.69, 9.17) is 4.74 Å². The van der Waals surface area contributed by atoms with Gasteiger partial charge in [0.2, 0.25) is 0 Å². The number of benzene rings is 2. The van der Waals surface area contributed by atoms with Crippen LogP contribution in [0.15, 0.2) is 60.7 Å². The van der Waals surface area contributed by atoms with Crippen molar-refractivity contribution in [2.45, 2.75) is 88.5 Å². The lowest BCUT2D eigenvalue weighted by Gasteiger charge is -2.09. The van der Waals surface area contributed by atoms with Crippen LogP contribution in [0.4, 0.5) is 0 Å². The monoisotopic (exact) mass is 554 g/mol. The van der Waals surface area contributed by atoms with Crippen LogP contribution in [0.3, 0.4) is 0 Å². The third kappa shape index (κ3) is 26.1. The predicted molar refractivity (Wildman–Crippen MR) is 170 cm³/mol. The van der Waals surface area contributed by atoms with Crippen molar-refractivity contribution in [3.8, 4) is 0 Å². The standard InChI is InChI=1S/C12H14.C9H16O4.C9H12.C3H6O.C2H6/c1-4-11-7-5-6-8-12(11)9-10(2)3;1-7(6-13-8(2)10)4-5-9(11)12-3;1-3-9-7-5-4-6-8(9)2;1-3(2)4;1-2/h4-9H,2H2,1,3H3;7H,4-6H2,1-3H3;4-7H,3H2,1-2H3;1-2H3;1-2H3/b11-4-,12-9-;;;;/t;7-;;;/m.0.../s1. The summed E-state index contributed by atoms with van der Waals surface area (Å²) >= 11 is 0. The van der Waals surface area contributed by atoms with Gasteiger partial charge in [0.15, 0.2) is 0 Å². The molecule has 224 valence electrons. The Morgan fingerprint density at radius 1 is 0.925 bits per heavy atom. The lowest BCUT2D eigenvalue weighted by atomic mass is 10.1. The van der Waals surface area contributed by atoms with E-state index in [-0.39, 0.29) is 23.6 Å². The molecule has 0 saturated carbocycles. The van der Waals surface area contributed by atoms with Crippen LogP contribution in [0, 0.1) is 12.8 Å². The molecule has 0 aliphatic rings. The average Bonchev–Trinajstić information content (AvgIpc) is 2.92. The molecule has 2 aromatic carbocycles. The number of methoxy groups -OCH3 is 1. The summed E-state index contributed by atoms with van der Waals surface area (Å²) in [7, 11) is 1.36. The van der Waals surface area contributed by atoms with E-state index in [2.05, 4.69) is 73.7 Å². The molecule has 0 spiro atoms. The Morgan fingerprint density at radius 2 is 1.43 bits per heavy atom. The van der Waals surface area contributed by atoms with Crippen molar-refractivity contribution in [2.24, 2.45) is 5.92 Å². The zero-order valence-corrected chi connectivity index (χ0v) is 26.9. The molecule has 0 aliphatic heterocycles. The number of hydrogen-bond donors (Lipinski definition) is 0. The first-order chi connectivity index (χ1) is 18.9. The SMILES string of the molecule is C=C(C)/C=c1/cccc/c1=C/C.CC.CC(C)=O.CCc1ccccc1C.COC(=O)CC[C@H](C)COC(C)=O. The number of carbonyl (C=O) groups is 3. The molecule has 2 aromatic rings. The van der Waals surface area contributed by atoms with Gasteiger partial charge in [0, 0.05) is 13.3 Å². The second-order valence-electron chi connectivity index (χ2n) is 9.12. The lowest BCUT2D eigenvalue weighted by molar-refractivity contribution is -0.142. The van der Waals surface area contributed by atoms with Gasteiger partial charge in [0.05, 0.1) is 13.7 Å². The molecule has 2 rings (SSSR count). The molecule has 0 fully saturated rings. The van der Waals surface area contributed by atoms with Crippen LogP contribution in [0.25, 0.3) is 12.2 Å². The molecule has 0 aliphatic carbocycles. The summed E-state index contributed by atoms with van der Waals surface area (Å²) in [6.45, 7) is 23.0. The van der Waals surface area contributed by atoms with Gasteiger partial charge >= 0.3 is 11.9 Å². The molecule has 0 N–H and O–H groups in total. The van der Waals surface area contributed by atoms with Crippen LogP contribution in [0.2, 0.25) is 0 Å². The number of aryl methyl sites for hydroxylation is 2. The zero-order chi connectivity index (χ0) is 31.5. The molecule has 0 saturated heterocycles. The lowest BCUT2D eigenvalue weighted by Crippen LogP contribution is -2.23. The molecule has 0 unspecified atom stereocenters. The van der Waals surface area contributed by atoms with Gasteiger partial charge in [-0.15, -0.1) is 0 Å². The summed E-state index contributed by atoms with van der Waals surface area (Å²) in [5, 5.41) is 2.51. The summed E-state index contributed by atoms with van der Waals surface area (Å²) in [4.78, 5) is 30.6. The smallest absolute Gasteiger partial charge is 0.305 e. The fraction of sp³-hybridized carbons (Fsp3) is 0.457. The van der Waals surface area contributed by atoms with Gasteiger partial charge in [0.1, 0.15) is 5.78 Å². The number of ether oxygens (including phenoxy) is 2. The summed E-state index contributed by atoms with van der Waals surface area (Å²) < 4.78 is 9.26. The number of Topliss-reactive ketones (excluding diaryl/α,β-unsaturated/α-hetero) is 1. The van der Waals surface area contributed by atoms with E-state index < -0.39 is 0 Å². The third-order valence-corrected chi connectivity index (χ3v) is 4.99. The van der Waals surface area contributed by atoms with E-state index in [0.29, 0.717) is 19.4 Å². The van der Waals surface area contributed by atoms with E-state index in [0.717, 1.165) is 12.0 Å². The fourth-order valence-electron chi connectivity index (χ4n) is 2.99. The molecular formula is C35H54O5. The minimum absolute atomic E-state index is 0.167. The van der Waals surface area contributed by atoms with Crippen molar-refractivity contribution < 1.29 is 23.9 Å². The molecular weight excluding hydrogens is 500 g/mol. The molecule has 0 radical (unpaired) electrons. The van der Waals surface area contributed by atoms with Crippen molar-refractivity contribution in [3.63, 3.8) is 0 Å². The first-order valence-electron chi connectivity index (χ1n) is 14.0. The van der Waals surface area contributed by atoms with Gasteiger partial charge in [-0.1, -0.05) is 101 Å². The van der Waals surface area contributed by atoms with Crippen molar-refractivity contribution in [1.82, 2.24) is 0 Å². The zero-order valence-electron chi connectivity index (χ0n) is 26.9. The van der Waals surface area contributed by atoms with Gasteiger partial charge in [0.25, 0.3) is 0 Å². The Bertz CT molecular complexity index is 1090. The Balaban J connectivity index is -0.000000471. The Kier molecular flexibility index (Phi) is 27.8. The van der Waals surface area contributed by atoms with Crippen LogP contribution in [0.5, 0.6) is 0 Å². The summed E-state index contributed by atoms with van der Waals surface area (Å²) in [6.07, 6.45) is 6.40. The number of allylic oxidation sites excluding steroid dienone is 1. The van der Waals surface area contributed by atoms with Crippen molar-refractivity contribution >= 4 is 29.9 Å². The van der Waals surface area contributed by atoms with E-state index in [1.165, 1.54) is 49.4 Å². The van der Waals surface area contributed by atoms with Gasteiger partial charge < -0.3 is 14.3 Å². The molecule has 1 atom stereocenters. The van der Waals surface area contributed by atoms with Crippen LogP contribution in [-0.4, -0.2) is 31.4 Å². The normalized spacial score (nSPS) is 10.9. The first kappa shape index (κ1) is 41.0. The molecule has 0 bridgehead atoms. The number of rotatable bonds is 7. The van der Waals surface area contributed by atoms with Crippen LogP contribution < -0.4 is 10.4 Å². The maximum Gasteiger partial charge on any atom is 0.305 e. The van der Waals surface area contributed by atoms with Gasteiger partial charge in [-0.3, -0.25) is 9.59 Å². The highest BCUT2D eigenvalue weighted by Gasteiger charge is 2.07. The highest BCUT2D eigenvalue weighted by Crippen LogP contribution is 2.07. The van der Waals surface area contributed by atoms with Crippen molar-refractivity contribution in [2.75, 3.05) is 13.7 Å². The van der Waals surface area contributed by atoms with Crippen molar-refractivity contribution in [3.05, 3.63) is 82.2 Å². The van der Waals surface area contributed by atoms with E-state index >= 15 is 0 Å². The molecule has 5 heteroatoms. The minimum Gasteiger partial charge on any atom is -0.469 e. The average molecular weight is 555 g/mol. The number of ketones is 1.